The molecule has 1 atom stereocenters. The lowest BCUT2D eigenvalue weighted by Crippen LogP contribution is -2.49. The van der Waals surface area contributed by atoms with E-state index in [-0.39, 0.29) is 23.9 Å². The number of carbonyl (C=O) groups is 1. The number of halogens is 3. The number of carbonyl (C=O) groups excluding carboxylic acids is 1. The molecule has 1 aliphatic rings. The molecule has 29 heavy (non-hydrogen) atoms. The highest BCUT2D eigenvalue weighted by Crippen LogP contribution is 2.34. The van der Waals surface area contributed by atoms with Crippen LogP contribution in [0.15, 0.2) is 24.3 Å². The summed E-state index contributed by atoms with van der Waals surface area (Å²) >= 11 is 0. The molecule has 0 aliphatic carbocycles. The zero-order valence-electron chi connectivity index (χ0n) is 16.1. The molecule has 0 aromatic heterocycles. The smallest absolute Gasteiger partial charge is 0.387 e. The van der Waals surface area contributed by atoms with Crippen LogP contribution in [0.5, 0.6) is 0 Å². The van der Waals surface area contributed by atoms with Gasteiger partial charge >= 0.3 is 12.2 Å². The predicted molar refractivity (Wildman–Crippen MR) is 102 cm³/mol. The Balaban J connectivity index is 1.83. The minimum absolute atomic E-state index is 0.0862. The second-order valence-corrected chi connectivity index (χ2v) is 9.03. The van der Waals surface area contributed by atoms with Gasteiger partial charge in [0.25, 0.3) is 0 Å². The number of hydrogen-bond acceptors (Lipinski definition) is 4. The van der Waals surface area contributed by atoms with Crippen molar-refractivity contribution >= 4 is 16.1 Å². The first kappa shape index (κ1) is 23.4. The van der Waals surface area contributed by atoms with Crippen molar-refractivity contribution in [2.75, 3.05) is 25.4 Å². The SMILES string of the molecule is CCCS(=O)(=O)N1CCC(NC(=O)NCC(O)c2ccccc2C(F)(F)F)CC1. The van der Waals surface area contributed by atoms with E-state index < -0.39 is 33.9 Å². The second kappa shape index (κ2) is 9.77. The van der Waals surface area contributed by atoms with E-state index in [1.807, 2.05) is 0 Å². The summed E-state index contributed by atoms with van der Waals surface area (Å²) in [6.45, 7) is 2.00. The number of nitrogens with zero attached hydrogens (tertiary/aromatic N) is 1. The molecular formula is C18H26F3N3O4S. The number of sulfonamides is 1. The molecule has 1 fully saturated rings. The van der Waals surface area contributed by atoms with Gasteiger partial charge in [0, 0.05) is 25.7 Å². The van der Waals surface area contributed by atoms with Crippen LogP contribution in [0.3, 0.4) is 0 Å². The Kier molecular flexibility index (Phi) is 7.89. The topological polar surface area (TPSA) is 98.7 Å². The third-order valence-corrected chi connectivity index (χ3v) is 6.80. The molecule has 1 heterocycles. The summed E-state index contributed by atoms with van der Waals surface area (Å²) in [5.74, 6) is 0.0862. The first-order chi connectivity index (χ1) is 13.5. The lowest BCUT2D eigenvalue weighted by atomic mass is 10.0. The number of hydrogen-bond donors (Lipinski definition) is 3. The number of piperidine rings is 1. The number of alkyl halides is 3. The van der Waals surface area contributed by atoms with Gasteiger partial charge in [-0.3, -0.25) is 0 Å². The van der Waals surface area contributed by atoms with Crippen LogP contribution in [0.4, 0.5) is 18.0 Å². The number of amides is 2. The summed E-state index contributed by atoms with van der Waals surface area (Å²) in [5, 5.41) is 15.1. The normalized spacial score (nSPS) is 17.7. The summed E-state index contributed by atoms with van der Waals surface area (Å²) in [5.41, 5.74) is -1.26. The molecule has 0 radical (unpaired) electrons. The van der Waals surface area contributed by atoms with Crippen LogP contribution >= 0.6 is 0 Å². The van der Waals surface area contributed by atoms with Crippen molar-refractivity contribution in [1.82, 2.24) is 14.9 Å². The van der Waals surface area contributed by atoms with E-state index >= 15 is 0 Å². The van der Waals surface area contributed by atoms with Crippen LogP contribution < -0.4 is 10.6 Å². The Morgan fingerprint density at radius 1 is 1.28 bits per heavy atom. The monoisotopic (exact) mass is 437 g/mol. The number of aliphatic hydroxyl groups excluding tert-OH is 1. The standard InChI is InChI=1S/C18H26F3N3O4S/c1-2-11-29(27,28)24-9-7-13(8-10-24)23-17(26)22-12-16(25)14-5-3-4-6-15(14)18(19,20)21/h3-6,13,16,25H,2,7-12H2,1H3,(H2,22,23,26). The van der Waals surface area contributed by atoms with Crippen molar-refractivity contribution in [3.8, 4) is 0 Å². The molecule has 1 aromatic carbocycles. The zero-order valence-corrected chi connectivity index (χ0v) is 16.9. The van der Waals surface area contributed by atoms with Crippen LogP contribution in [0.2, 0.25) is 0 Å². The maximum Gasteiger partial charge on any atom is 0.416 e. The summed E-state index contributed by atoms with van der Waals surface area (Å²) < 4.78 is 64.6. The van der Waals surface area contributed by atoms with E-state index in [0.29, 0.717) is 32.4 Å². The number of urea groups is 1. The fourth-order valence-corrected chi connectivity index (χ4v) is 4.79. The van der Waals surface area contributed by atoms with Crippen molar-refractivity contribution in [2.45, 2.75) is 44.5 Å². The summed E-state index contributed by atoms with van der Waals surface area (Å²) in [7, 11) is -3.27. The van der Waals surface area contributed by atoms with Gasteiger partial charge in [-0.25, -0.2) is 17.5 Å². The van der Waals surface area contributed by atoms with Crippen molar-refractivity contribution in [1.29, 1.82) is 0 Å². The van der Waals surface area contributed by atoms with Gasteiger partial charge in [0.1, 0.15) is 0 Å². The van der Waals surface area contributed by atoms with Gasteiger partial charge in [-0.2, -0.15) is 13.2 Å². The average molecular weight is 437 g/mol. The molecular weight excluding hydrogens is 411 g/mol. The van der Waals surface area contributed by atoms with Crippen molar-refractivity contribution < 1.29 is 31.5 Å². The van der Waals surface area contributed by atoms with Crippen LogP contribution in [-0.2, 0) is 16.2 Å². The van der Waals surface area contributed by atoms with E-state index in [4.69, 9.17) is 0 Å². The summed E-state index contributed by atoms with van der Waals surface area (Å²) in [6, 6.07) is 3.78. The Morgan fingerprint density at radius 3 is 2.48 bits per heavy atom. The van der Waals surface area contributed by atoms with E-state index in [0.717, 1.165) is 6.07 Å². The molecule has 3 N–H and O–H groups in total. The molecule has 1 unspecified atom stereocenters. The molecule has 1 aromatic rings. The van der Waals surface area contributed by atoms with E-state index in [2.05, 4.69) is 10.6 Å². The molecule has 1 saturated heterocycles. The Hall–Kier alpha value is -1.85. The Morgan fingerprint density at radius 2 is 1.90 bits per heavy atom. The molecule has 0 bridgehead atoms. The molecule has 0 spiro atoms. The van der Waals surface area contributed by atoms with E-state index in [1.165, 1.54) is 22.5 Å². The number of rotatable bonds is 7. The van der Waals surface area contributed by atoms with Gasteiger partial charge in [0.2, 0.25) is 10.0 Å². The van der Waals surface area contributed by atoms with Gasteiger partial charge in [-0.1, -0.05) is 25.1 Å². The van der Waals surface area contributed by atoms with Crippen molar-refractivity contribution in [3.63, 3.8) is 0 Å². The number of benzene rings is 1. The van der Waals surface area contributed by atoms with Gasteiger partial charge in [-0.05, 0) is 30.9 Å². The number of aliphatic hydroxyl groups is 1. The summed E-state index contributed by atoms with van der Waals surface area (Å²) in [6.07, 6.45) is -4.71. The highest BCUT2D eigenvalue weighted by molar-refractivity contribution is 7.89. The predicted octanol–water partition coefficient (Wildman–Crippen LogP) is 2.24. The largest absolute Gasteiger partial charge is 0.416 e. The quantitative estimate of drug-likeness (QED) is 0.609. The number of nitrogens with one attached hydrogen (secondary N) is 2. The van der Waals surface area contributed by atoms with Crippen molar-refractivity contribution in [3.05, 3.63) is 35.4 Å². The Labute approximate surface area is 168 Å². The third-order valence-electron chi connectivity index (χ3n) is 4.73. The van der Waals surface area contributed by atoms with Crippen LogP contribution in [0.1, 0.15) is 43.4 Å². The fourth-order valence-electron chi connectivity index (χ4n) is 3.25. The highest BCUT2D eigenvalue weighted by Gasteiger charge is 2.34. The molecule has 0 saturated carbocycles. The second-order valence-electron chi connectivity index (χ2n) is 6.94. The van der Waals surface area contributed by atoms with Crippen LogP contribution in [-0.4, -0.2) is 55.3 Å². The molecule has 1 aliphatic heterocycles. The van der Waals surface area contributed by atoms with E-state index in [1.54, 1.807) is 6.92 Å². The van der Waals surface area contributed by atoms with Gasteiger partial charge < -0.3 is 15.7 Å². The van der Waals surface area contributed by atoms with E-state index in [9.17, 15) is 31.5 Å². The van der Waals surface area contributed by atoms with Gasteiger partial charge in [0.15, 0.2) is 0 Å². The minimum Gasteiger partial charge on any atom is -0.387 e. The minimum atomic E-state index is -4.61. The molecule has 2 rings (SSSR count). The van der Waals surface area contributed by atoms with Crippen molar-refractivity contribution in [2.24, 2.45) is 0 Å². The van der Waals surface area contributed by atoms with Crippen LogP contribution in [0.25, 0.3) is 0 Å². The zero-order chi connectivity index (χ0) is 21.7. The average Bonchev–Trinajstić information content (AvgIpc) is 2.66. The maximum atomic E-state index is 13.0. The molecule has 2 amide bonds. The lowest BCUT2D eigenvalue weighted by molar-refractivity contribution is -0.139. The highest BCUT2D eigenvalue weighted by atomic mass is 32.2. The van der Waals surface area contributed by atoms with Gasteiger partial charge in [-0.15, -0.1) is 0 Å². The first-order valence-electron chi connectivity index (χ1n) is 9.41. The molecule has 164 valence electrons. The maximum absolute atomic E-state index is 13.0. The molecule has 11 heteroatoms. The van der Waals surface area contributed by atoms with Crippen LogP contribution in [0, 0.1) is 0 Å². The third kappa shape index (κ3) is 6.58. The Bertz CT molecular complexity index is 794. The molecule has 7 nitrogen and oxygen atoms in total. The van der Waals surface area contributed by atoms with Gasteiger partial charge in [0.05, 0.1) is 17.4 Å². The summed E-state index contributed by atoms with van der Waals surface area (Å²) in [4.78, 5) is 12.0. The lowest BCUT2D eigenvalue weighted by Gasteiger charge is -2.31. The fraction of sp³-hybridized carbons (Fsp3) is 0.611. The first-order valence-corrected chi connectivity index (χ1v) is 11.0.